The van der Waals surface area contributed by atoms with Gasteiger partial charge in [-0.1, -0.05) is 126 Å². The first kappa shape index (κ1) is 36.1. The topological polar surface area (TPSA) is 55.8 Å². The summed E-state index contributed by atoms with van der Waals surface area (Å²) in [4.78, 5) is 11.2. The lowest BCUT2D eigenvalue weighted by Crippen LogP contribution is -2.27. The lowest BCUT2D eigenvalue weighted by atomic mass is 10.1. The number of ether oxygens (including phenoxy) is 2. The molecular formula is C34H58O4. The molecule has 4 nitrogen and oxygen atoms in total. The lowest BCUT2D eigenvalue weighted by molar-refractivity contribution is -0.154. The molecule has 0 saturated carbocycles. The van der Waals surface area contributed by atoms with Crippen LogP contribution < -0.4 is 0 Å². The maximum atomic E-state index is 11.2. The van der Waals surface area contributed by atoms with Crippen LogP contribution in [0, 0.1) is 0 Å². The van der Waals surface area contributed by atoms with Crippen LogP contribution in [0.2, 0.25) is 0 Å². The third-order valence-electron chi connectivity index (χ3n) is 6.16. The number of esters is 1. The molecule has 0 radical (unpaired) electrons. The van der Waals surface area contributed by atoms with E-state index in [0.29, 0.717) is 13.0 Å². The van der Waals surface area contributed by atoms with Crippen LogP contribution >= 0.6 is 0 Å². The normalized spacial score (nSPS) is 13.2. The molecule has 0 saturated heterocycles. The molecule has 1 N–H and O–H groups in total. The predicted molar refractivity (Wildman–Crippen MR) is 163 cm³/mol. The Balaban J connectivity index is 3.36. The molecule has 0 fully saturated rings. The summed E-state index contributed by atoms with van der Waals surface area (Å²) >= 11 is 0. The average Bonchev–Trinajstić information content (AvgIpc) is 2.93. The Kier molecular flexibility index (Phi) is 29.7. The van der Waals surface area contributed by atoms with Crippen molar-refractivity contribution in [1.82, 2.24) is 0 Å². The molecular weight excluding hydrogens is 472 g/mol. The zero-order chi connectivity index (χ0) is 27.8. The second kappa shape index (κ2) is 31.3. The zero-order valence-electron chi connectivity index (χ0n) is 24.7. The van der Waals surface area contributed by atoms with Crippen LogP contribution in [0.3, 0.4) is 0 Å². The van der Waals surface area contributed by atoms with E-state index >= 15 is 0 Å². The number of hydrogen-bond acceptors (Lipinski definition) is 4. The van der Waals surface area contributed by atoms with Gasteiger partial charge in [0.25, 0.3) is 0 Å². The fourth-order valence-electron chi connectivity index (χ4n) is 3.86. The van der Waals surface area contributed by atoms with Crippen LogP contribution in [0.15, 0.2) is 60.8 Å². The summed E-state index contributed by atoms with van der Waals surface area (Å²) < 4.78 is 10.6. The van der Waals surface area contributed by atoms with Crippen molar-refractivity contribution in [2.75, 3.05) is 19.8 Å². The van der Waals surface area contributed by atoms with Gasteiger partial charge in [-0.25, -0.2) is 0 Å². The Hall–Kier alpha value is -1.91. The fourth-order valence-corrected chi connectivity index (χ4v) is 3.86. The number of hydrogen-bond donors (Lipinski definition) is 1. The Morgan fingerprint density at radius 2 is 1.08 bits per heavy atom. The second-order valence-electron chi connectivity index (χ2n) is 9.76. The summed E-state index contributed by atoms with van der Waals surface area (Å²) in [5, 5.41) is 9.21. The lowest BCUT2D eigenvalue weighted by Gasteiger charge is -2.15. The van der Waals surface area contributed by atoms with Crippen LogP contribution in [0.5, 0.6) is 0 Å². The van der Waals surface area contributed by atoms with Gasteiger partial charge in [-0.15, -0.1) is 0 Å². The van der Waals surface area contributed by atoms with Gasteiger partial charge in [-0.05, 0) is 51.4 Å². The molecule has 0 aromatic heterocycles. The van der Waals surface area contributed by atoms with E-state index in [1.807, 2.05) is 0 Å². The minimum Gasteiger partial charge on any atom is -0.457 e. The maximum Gasteiger partial charge on any atom is 0.305 e. The predicted octanol–water partition coefficient (Wildman–Crippen LogP) is 9.36. The van der Waals surface area contributed by atoms with Gasteiger partial charge in [0.15, 0.2) is 0 Å². The highest BCUT2D eigenvalue weighted by atomic mass is 16.6. The van der Waals surface area contributed by atoms with Gasteiger partial charge >= 0.3 is 5.97 Å². The van der Waals surface area contributed by atoms with E-state index in [9.17, 15) is 9.90 Å². The number of allylic oxidation sites excluding steroid dienone is 10. The third-order valence-corrected chi connectivity index (χ3v) is 6.16. The van der Waals surface area contributed by atoms with Crippen molar-refractivity contribution in [3.05, 3.63) is 60.8 Å². The molecule has 1 atom stereocenters. The van der Waals surface area contributed by atoms with Crippen molar-refractivity contribution in [2.24, 2.45) is 0 Å². The molecule has 0 spiro atoms. The molecule has 0 aliphatic rings. The Morgan fingerprint density at radius 3 is 1.55 bits per heavy atom. The number of aliphatic hydroxyl groups excluding tert-OH is 1. The highest BCUT2D eigenvalue weighted by Crippen LogP contribution is 2.12. The maximum absolute atomic E-state index is 11.2. The Morgan fingerprint density at radius 1 is 0.632 bits per heavy atom. The molecule has 218 valence electrons. The van der Waals surface area contributed by atoms with Gasteiger partial charge in [0.2, 0.25) is 0 Å². The van der Waals surface area contributed by atoms with Crippen LogP contribution in [0.25, 0.3) is 0 Å². The van der Waals surface area contributed by atoms with Crippen molar-refractivity contribution < 1.29 is 19.4 Å². The number of aliphatic hydroxyl groups is 1. The van der Waals surface area contributed by atoms with Gasteiger partial charge < -0.3 is 14.6 Å². The zero-order valence-corrected chi connectivity index (χ0v) is 24.7. The van der Waals surface area contributed by atoms with Gasteiger partial charge in [-0.3, -0.25) is 4.79 Å². The Labute approximate surface area is 235 Å². The van der Waals surface area contributed by atoms with E-state index in [2.05, 4.69) is 67.7 Å². The van der Waals surface area contributed by atoms with Crippen LogP contribution in [-0.4, -0.2) is 37.0 Å². The first-order valence-corrected chi connectivity index (χ1v) is 15.4. The van der Waals surface area contributed by atoms with Crippen LogP contribution in [0.4, 0.5) is 0 Å². The first-order valence-electron chi connectivity index (χ1n) is 15.4. The van der Waals surface area contributed by atoms with E-state index in [1.54, 1.807) is 6.92 Å². The molecule has 0 bridgehead atoms. The first-order chi connectivity index (χ1) is 18.7. The minimum absolute atomic E-state index is 0.185. The molecule has 1 unspecified atom stereocenters. The van der Waals surface area contributed by atoms with Gasteiger partial charge in [0, 0.05) is 13.0 Å². The number of rotatable bonds is 27. The average molecular weight is 531 g/mol. The monoisotopic (exact) mass is 530 g/mol. The van der Waals surface area contributed by atoms with Crippen molar-refractivity contribution in [3.63, 3.8) is 0 Å². The summed E-state index contributed by atoms with van der Waals surface area (Å²) in [6.07, 6.45) is 41.6. The molecule has 0 aliphatic heterocycles. The quantitative estimate of drug-likeness (QED) is 0.0653. The van der Waals surface area contributed by atoms with Gasteiger partial charge in [-0.2, -0.15) is 0 Å². The smallest absolute Gasteiger partial charge is 0.305 e. The molecule has 0 aromatic rings. The van der Waals surface area contributed by atoms with Crippen LogP contribution in [0.1, 0.15) is 123 Å². The standard InChI is InChI=1S/C34H58O4/c1-3-5-6-7-8-9-10-11-12-13-14-15-16-17-18-19-20-21-22-23-24-25-26-27-28-29-30-37-32-33(31-35)38-34(36)4-2/h5-6,8-9,11-12,14-15,17-18,33,35H,3-4,7,10,13,16,19-32H2,1-2H3/b6-5-,9-8-,12-11-,15-14-,18-17-. The second-order valence-corrected chi connectivity index (χ2v) is 9.76. The number of unbranched alkanes of at least 4 members (excludes halogenated alkanes) is 10. The van der Waals surface area contributed by atoms with Crippen molar-refractivity contribution in [1.29, 1.82) is 0 Å². The highest BCUT2D eigenvalue weighted by molar-refractivity contribution is 5.69. The summed E-state index contributed by atoms with van der Waals surface area (Å²) in [5.74, 6) is -0.294. The van der Waals surface area contributed by atoms with Crippen LogP contribution in [-0.2, 0) is 14.3 Å². The number of carbonyl (C=O) groups is 1. The number of carbonyl (C=O) groups excluding carboxylic acids is 1. The molecule has 0 rings (SSSR count). The minimum atomic E-state index is -0.533. The molecule has 0 heterocycles. The molecule has 0 amide bonds. The third kappa shape index (κ3) is 28.7. The van der Waals surface area contributed by atoms with Crippen molar-refractivity contribution in [2.45, 2.75) is 129 Å². The van der Waals surface area contributed by atoms with E-state index in [0.717, 1.165) is 38.5 Å². The Bertz CT molecular complexity index is 645. The molecule has 0 aromatic carbocycles. The van der Waals surface area contributed by atoms with E-state index in [4.69, 9.17) is 9.47 Å². The largest absolute Gasteiger partial charge is 0.457 e. The van der Waals surface area contributed by atoms with Gasteiger partial charge in [0.05, 0.1) is 13.2 Å². The van der Waals surface area contributed by atoms with Crippen molar-refractivity contribution in [3.8, 4) is 0 Å². The molecule has 38 heavy (non-hydrogen) atoms. The molecule has 4 heteroatoms. The van der Waals surface area contributed by atoms with Crippen molar-refractivity contribution >= 4 is 5.97 Å². The summed E-state index contributed by atoms with van der Waals surface area (Å²) in [6, 6.07) is 0. The molecule has 0 aliphatic carbocycles. The summed E-state index contributed by atoms with van der Waals surface area (Å²) in [7, 11) is 0. The summed E-state index contributed by atoms with van der Waals surface area (Å²) in [6.45, 7) is 4.67. The summed E-state index contributed by atoms with van der Waals surface area (Å²) in [5.41, 5.74) is 0. The van der Waals surface area contributed by atoms with E-state index in [1.165, 1.54) is 64.2 Å². The highest BCUT2D eigenvalue weighted by Gasteiger charge is 2.12. The van der Waals surface area contributed by atoms with E-state index < -0.39 is 6.10 Å². The van der Waals surface area contributed by atoms with Gasteiger partial charge in [0.1, 0.15) is 6.10 Å². The fraction of sp³-hybridized carbons (Fsp3) is 0.676. The SMILES string of the molecule is CC/C=C\C/C=C\C/C=C\C/C=C\C/C=C\CCCCCCCCCCCCOCC(CO)OC(=O)CC. The van der Waals surface area contributed by atoms with E-state index in [-0.39, 0.29) is 19.2 Å².